The molecule has 0 unspecified atom stereocenters. The zero-order chi connectivity index (χ0) is 23.6. The fourth-order valence-electron chi connectivity index (χ4n) is 4.17. The first-order valence-corrected chi connectivity index (χ1v) is 12.7. The predicted octanol–water partition coefficient (Wildman–Crippen LogP) is 3.44. The minimum atomic E-state index is -4.13. The van der Waals surface area contributed by atoms with E-state index in [2.05, 4.69) is 17.4 Å². The van der Waals surface area contributed by atoms with E-state index >= 15 is 0 Å². The van der Waals surface area contributed by atoms with Gasteiger partial charge < -0.3 is 10.2 Å². The molecule has 1 saturated heterocycles. The molecule has 0 aliphatic carbocycles. The molecule has 2 aliphatic rings. The van der Waals surface area contributed by atoms with Crippen LogP contribution in [0.25, 0.3) is 0 Å². The van der Waals surface area contributed by atoms with Crippen LogP contribution in [0.15, 0.2) is 65.8 Å². The van der Waals surface area contributed by atoms with E-state index in [4.69, 9.17) is 23.2 Å². The summed E-state index contributed by atoms with van der Waals surface area (Å²) < 4.78 is 27.4. The Morgan fingerprint density at radius 2 is 1.85 bits per heavy atom. The van der Waals surface area contributed by atoms with Gasteiger partial charge in [-0.15, -0.1) is 0 Å². The van der Waals surface area contributed by atoms with Crippen LogP contribution < -0.4 is 5.32 Å². The van der Waals surface area contributed by atoms with Crippen LogP contribution in [0.2, 0.25) is 10.0 Å². The second kappa shape index (κ2) is 9.75. The molecule has 0 bridgehead atoms. The van der Waals surface area contributed by atoms with E-state index < -0.39 is 22.0 Å². The summed E-state index contributed by atoms with van der Waals surface area (Å²) in [5.41, 5.74) is 1.22. The summed E-state index contributed by atoms with van der Waals surface area (Å²) in [6.45, 7) is 1.16. The highest BCUT2D eigenvalue weighted by Crippen LogP contribution is 2.29. The highest BCUT2D eigenvalue weighted by molar-refractivity contribution is 7.89. The number of carbonyl (C=O) groups is 2. The number of amides is 2. The largest absolute Gasteiger partial charge is 0.342 e. The van der Waals surface area contributed by atoms with Crippen molar-refractivity contribution in [2.75, 3.05) is 13.1 Å². The number of carbonyl (C=O) groups excluding carboxylic acids is 2. The van der Waals surface area contributed by atoms with Crippen LogP contribution in [0.3, 0.4) is 0 Å². The van der Waals surface area contributed by atoms with E-state index in [-0.39, 0.29) is 27.3 Å². The SMILES string of the molecule is O=C1NC=CN(S(=O)(=O)c2ccc(Cl)c(Cl)c2)[C@@H]1CC(=O)N1CC[C@@H](Cc2ccccc2)C1. The third kappa shape index (κ3) is 5.18. The lowest BCUT2D eigenvalue weighted by molar-refractivity contribution is -0.135. The van der Waals surface area contributed by atoms with Crippen LogP contribution in [0.1, 0.15) is 18.4 Å². The molecule has 0 radical (unpaired) electrons. The maximum atomic E-state index is 13.2. The first-order chi connectivity index (χ1) is 15.8. The van der Waals surface area contributed by atoms with Crippen molar-refractivity contribution in [3.8, 4) is 0 Å². The first-order valence-electron chi connectivity index (χ1n) is 10.5. The summed E-state index contributed by atoms with van der Waals surface area (Å²) in [6.07, 6.45) is 3.97. The van der Waals surface area contributed by atoms with Gasteiger partial charge in [0.1, 0.15) is 6.04 Å². The van der Waals surface area contributed by atoms with E-state index in [1.165, 1.54) is 36.2 Å². The van der Waals surface area contributed by atoms with Gasteiger partial charge in [0.25, 0.3) is 10.0 Å². The van der Waals surface area contributed by atoms with Crippen molar-refractivity contribution in [1.29, 1.82) is 0 Å². The Labute approximate surface area is 203 Å². The Balaban J connectivity index is 1.47. The molecule has 1 fully saturated rings. The van der Waals surface area contributed by atoms with E-state index in [0.717, 1.165) is 17.1 Å². The molecule has 2 aromatic carbocycles. The standard InChI is InChI=1S/C23H23Cl2N3O4S/c24-19-7-6-18(13-20(19)25)33(31,32)28-11-9-26-23(30)21(28)14-22(29)27-10-8-17(15-27)12-16-4-2-1-3-5-16/h1-7,9,11,13,17,21H,8,10,12,14-15H2,(H,26,30)/t17-,21+/m0/s1. The smallest absolute Gasteiger partial charge is 0.264 e. The Morgan fingerprint density at radius 3 is 2.58 bits per heavy atom. The summed E-state index contributed by atoms with van der Waals surface area (Å²) in [7, 11) is -4.13. The molecule has 7 nitrogen and oxygen atoms in total. The minimum Gasteiger partial charge on any atom is -0.342 e. The molecule has 10 heteroatoms. The second-order valence-corrected chi connectivity index (χ2v) is 10.8. The third-order valence-corrected chi connectivity index (χ3v) is 8.42. The molecule has 33 heavy (non-hydrogen) atoms. The summed E-state index contributed by atoms with van der Waals surface area (Å²) in [4.78, 5) is 27.2. The van der Waals surface area contributed by atoms with Crippen molar-refractivity contribution in [3.63, 3.8) is 0 Å². The molecule has 0 aromatic heterocycles. The molecular weight excluding hydrogens is 485 g/mol. The van der Waals surface area contributed by atoms with Gasteiger partial charge in [-0.3, -0.25) is 13.9 Å². The van der Waals surface area contributed by atoms with Gasteiger partial charge in [-0.1, -0.05) is 53.5 Å². The summed E-state index contributed by atoms with van der Waals surface area (Å²) >= 11 is 11.9. The van der Waals surface area contributed by atoms with Gasteiger partial charge in [0.05, 0.1) is 21.4 Å². The molecule has 2 amide bonds. The second-order valence-electron chi connectivity index (χ2n) is 8.14. The average molecular weight is 508 g/mol. The van der Waals surface area contributed by atoms with Gasteiger partial charge >= 0.3 is 0 Å². The Hall–Kier alpha value is -2.55. The Kier molecular flexibility index (Phi) is 6.97. The van der Waals surface area contributed by atoms with Crippen LogP contribution in [0.4, 0.5) is 0 Å². The van der Waals surface area contributed by atoms with Gasteiger partial charge in [0, 0.05) is 25.5 Å². The number of halogens is 2. The number of likely N-dealkylation sites (tertiary alicyclic amines) is 1. The van der Waals surface area contributed by atoms with Gasteiger partial charge in [0.2, 0.25) is 11.8 Å². The topological polar surface area (TPSA) is 86.8 Å². The van der Waals surface area contributed by atoms with E-state index in [0.29, 0.717) is 19.0 Å². The lowest BCUT2D eigenvalue weighted by atomic mass is 9.99. The number of benzene rings is 2. The van der Waals surface area contributed by atoms with Crippen molar-refractivity contribution in [1.82, 2.24) is 14.5 Å². The quantitative estimate of drug-likeness (QED) is 0.648. The lowest BCUT2D eigenvalue weighted by Gasteiger charge is -2.32. The van der Waals surface area contributed by atoms with E-state index in [1.807, 2.05) is 18.2 Å². The molecule has 1 N–H and O–H groups in total. The number of rotatable bonds is 6. The first kappa shape index (κ1) is 23.6. The van der Waals surface area contributed by atoms with Crippen LogP contribution in [-0.2, 0) is 26.0 Å². The van der Waals surface area contributed by atoms with E-state index in [9.17, 15) is 18.0 Å². The Morgan fingerprint density at radius 1 is 1.09 bits per heavy atom. The van der Waals surface area contributed by atoms with Crippen molar-refractivity contribution in [3.05, 3.63) is 76.5 Å². The van der Waals surface area contributed by atoms with Gasteiger partial charge in [-0.25, -0.2) is 8.42 Å². The van der Waals surface area contributed by atoms with Crippen molar-refractivity contribution < 1.29 is 18.0 Å². The molecule has 2 aliphatic heterocycles. The van der Waals surface area contributed by atoms with Crippen LogP contribution in [0.5, 0.6) is 0 Å². The number of nitrogens with one attached hydrogen (secondary N) is 1. The normalized spacial score (nSPS) is 20.7. The summed E-state index contributed by atoms with van der Waals surface area (Å²) in [5.74, 6) is -0.489. The van der Waals surface area contributed by atoms with Gasteiger partial charge in [0.15, 0.2) is 0 Å². The molecule has 0 spiro atoms. The molecule has 174 valence electrons. The number of hydrogen-bond donors (Lipinski definition) is 1. The zero-order valence-electron chi connectivity index (χ0n) is 17.7. The lowest BCUT2D eigenvalue weighted by Crippen LogP contribution is -2.51. The fraction of sp³-hybridized carbons (Fsp3) is 0.304. The maximum Gasteiger partial charge on any atom is 0.264 e. The number of nitrogens with zero attached hydrogens (tertiary/aromatic N) is 2. The summed E-state index contributed by atoms with van der Waals surface area (Å²) in [5, 5.41) is 2.80. The average Bonchev–Trinajstić information content (AvgIpc) is 3.26. The number of hydrogen-bond acceptors (Lipinski definition) is 4. The predicted molar refractivity (Wildman–Crippen MR) is 126 cm³/mol. The van der Waals surface area contributed by atoms with E-state index in [1.54, 1.807) is 4.90 Å². The molecule has 2 atom stereocenters. The van der Waals surface area contributed by atoms with Crippen LogP contribution in [-0.4, -0.2) is 48.6 Å². The molecule has 0 saturated carbocycles. The number of sulfonamides is 1. The van der Waals surface area contributed by atoms with Crippen LogP contribution in [0, 0.1) is 5.92 Å². The zero-order valence-corrected chi connectivity index (χ0v) is 20.0. The van der Waals surface area contributed by atoms with Gasteiger partial charge in [-0.2, -0.15) is 0 Å². The van der Waals surface area contributed by atoms with Crippen LogP contribution >= 0.6 is 23.2 Å². The monoisotopic (exact) mass is 507 g/mol. The highest BCUT2D eigenvalue weighted by Gasteiger charge is 2.39. The Bertz CT molecular complexity index is 1190. The van der Waals surface area contributed by atoms with Crippen molar-refractivity contribution in [2.24, 2.45) is 5.92 Å². The maximum absolute atomic E-state index is 13.2. The molecule has 4 rings (SSSR count). The highest BCUT2D eigenvalue weighted by atomic mass is 35.5. The minimum absolute atomic E-state index is 0.0809. The molecular formula is C23H23Cl2N3O4S. The van der Waals surface area contributed by atoms with Gasteiger partial charge in [-0.05, 0) is 42.5 Å². The van der Waals surface area contributed by atoms with Crippen molar-refractivity contribution in [2.45, 2.75) is 30.2 Å². The summed E-state index contributed by atoms with van der Waals surface area (Å²) in [6, 6.07) is 12.8. The molecule has 2 aromatic rings. The fourth-order valence-corrected chi connectivity index (χ4v) is 6.00. The molecule has 2 heterocycles. The third-order valence-electron chi connectivity index (χ3n) is 5.90. The van der Waals surface area contributed by atoms with Crippen molar-refractivity contribution >= 4 is 45.0 Å².